The normalized spacial score (nSPS) is 16.2. The lowest BCUT2D eigenvalue weighted by Gasteiger charge is -2.37. The minimum absolute atomic E-state index is 0.00556. The molecular formula is C28H30FN7O7S2. The number of anilines is 1. The standard InChI is InChI=1S/C28H30FN7O7S2/c1-28(14-25(37)33-27-30-7-10-44-27)21-13-24(43-19-3-4-20(26(38)39)22(29)12-19)23(11-17(21)5-6-31-28)42-9-8-36-16-18(34-35-36)15-32-45(2,40)41/h3-4,7,10-13,16,31-32H,5-6,8-9,14-15H2,1-2H3,(H,38,39)(H,30,33,37)/t28-/m1/s1. The number of carbonyl (C=O) groups excluding carboxylic acids is 1. The lowest BCUT2D eigenvalue weighted by Crippen LogP contribution is -2.47. The molecule has 0 spiro atoms. The van der Waals surface area contributed by atoms with E-state index in [0.29, 0.717) is 29.5 Å². The lowest BCUT2D eigenvalue weighted by atomic mass is 9.81. The van der Waals surface area contributed by atoms with E-state index < -0.39 is 32.9 Å². The summed E-state index contributed by atoms with van der Waals surface area (Å²) in [6.07, 6.45) is 4.97. The molecule has 0 bridgehead atoms. The van der Waals surface area contributed by atoms with Gasteiger partial charge >= 0.3 is 5.97 Å². The molecule has 5 rings (SSSR count). The van der Waals surface area contributed by atoms with Crippen molar-refractivity contribution in [3.63, 3.8) is 0 Å². The molecule has 14 nitrogen and oxygen atoms in total. The van der Waals surface area contributed by atoms with Gasteiger partial charge < -0.3 is 25.2 Å². The van der Waals surface area contributed by atoms with Gasteiger partial charge in [-0.15, -0.1) is 16.4 Å². The van der Waals surface area contributed by atoms with E-state index in [-0.39, 0.29) is 43.5 Å². The number of benzene rings is 2. The van der Waals surface area contributed by atoms with Crippen LogP contribution in [0.2, 0.25) is 0 Å². The first-order valence-corrected chi connectivity index (χ1v) is 16.4. The van der Waals surface area contributed by atoms with Gasteiger partial charge in [-0.2, -0.15) is 0 Å². The molecule has 1 aliphatic rings. The van der Waals surface area contributed by atoms with Crippen LogP contribution in [0, 0.1) is 5.82 Å². The molecule has 3 heterocycles. The van der Waals surface area contributed by atoms with Gasteiger partial charge in [0.25, 0.3) is 0 Å². The monoisotopic (exact) mass is 659 g/mol. The van der Waals surface area contributed by atoms with Gasteiger partial charge in [0.05, 0.1) is 30.6 Å². The van der Waals surface area contributed by atoms with Crippen molar-refractivity contribution < 1.29 is 37.0 Å². The molecule has 17 heteroatoms. The zero-order valence-corrected chi connectivity index (χ0v) is 25.9. The first-order chi connectivity index (χ1) is 21.4. The molecule has 0 aliphatic carbocycles. The van der Waals surface area contributed by atoms with Crippen molar-refractivity contribution in [2.45, 2.75) is 38.4 Å². The highest BCUT2D eigenvalue weighted by molar-refractivity contribution is 7.88. The van der Waals surface area contributed by atoms with Crippen LogP contribution in [0.4, 0.5) is 9.52 Å². The zero-order chi connectivity index (χ0) is 32.2. The first kappa shape index (κ1) is 32.0. The number of carbonyl (C=O) groups is 2. The van der Waals surface area contributed by atoms with E-state index in [9.17, 15) is 27.5 Å². The molecule has 0 unspecified atom stereocenters. The van der Waals surface area contributed by atoms with Crippen LogP contribution in [-0.4, -0.2) is 64.8 Å². The summed E-state index contributed by atoms with van der Waals surface area (Å²) in [7, 11) is -3.39. The van der Waals surface area contributed by atoms with Crippen LogP contribution in [0.1, 0.15) is 40.5 Å². The van der Waals surface area contributed by atoms with Crippen molar-refractivity contribution in [1.29, 1.82) is 0 Å². The molecule has 4 aromatic rings. The predicted molar refractivity (Wildman–Crippen MR) is 161 cm³/mol. The van der Waals surface area contributed by atoms with Crippen molar-refractivity contribution in [3.8, 4) is 17.2 Å². The van der Waals surface area contributed by atoms with Crippen LogP contribution in [0.5, 0.6) is 17.2 Å². The molecule has 45 heavy (non-hydrogen) atoms. The highest BCUT2D eigenvalue weighted by Crippen LogP contribution is 2.41. The number of rotatable bonds is 13. The largest absolute Gasteiger partial charge is 0.488 e. The van der Waals surface area contributed by atoms with Crippen LogP contribution in [0.3, 0.4) is 0 Å². The fourth-order valence-electron chi connectivity index (χ4n) is 4.85. The number of carboxylic acid groups (broad SMARTS) is 1. The smallest absolute Gasteiger partial charge is 0.338 e. The SMILES string of the molecule is C[C@]1(CC(=O)Nc2nccs2)NCCc2cc(OCCn3cc(CNS(C)(=O)=O)nn3)c(Oc3ccc(C(=O)O)c(F)c3)cc21. The number of hydrogen-bond donors (Lipinski definition) is 4. The van der Waals surface area contributed by atoms with Crippen LogP contribution < -0.4 is 24.8 Å². The lowest BCUT2D eigenvalue weighted by molar-refractivity contribution is -0.117. The molecular weight excluding hydrogens is 629 g/mol. The fraction of sp³-hybridized carbons (Fsp3) is 0.321. The molecule has 1 atom stereocenters. The fourth-order valence-corrected chi connectivity index (χ4v) is 5.81. The van der Waals surface area contributed by atoms with E-state index in [2.05, 4.69) is 30.7 Å². The number of carboxylic acids is 1. The van der Waals surface area contributed by atoms with E-state index in [1.54, 1.807) is 23.8 Å². The van der Waals surface area contributed by atoms with Crippen LogP contribution in [-0.2, 0) is 39.9 Å². The van der Waals surface area contributed by atoms with E-state index in [1.807, 2.05) is 13.0 Å². The number of hydrogen-bond acceptors (Lipinski definition) is 11. The van der Waals surface area contributed by atoms with Gasteiger partial charge in [0.15, 0.2) is 16.6 Å². The summed E-state index contributed by atoms with van der Waals surface area (Å²) in [4.78, 5) is 28.4. The summed E-state index contributed by atoms with van der Waals surface area (Å²) in [6, 6.07) is 6.99. The molecule has 1 amide bonds. The molecule has 4 N–H and O–H groups in total. The topological polar surface area (TPSA) is 187 Å². The zero-order valence-electron chi connectivity index (χ0n) is 24.2. The van der Waals surface area contributed by atoms with Crippen molar-refractivity contribution >= 4 is 38.4 Å². The number of amides is 1. The van der Waals surface area contributed by atoms with E-state index in [0.717, 1.165) is 29.5 Å². The Bertz CT molecular complexity index is 1820. The molecule has 2 aromatic heterocycles. The van der Waals surface area contributed by atoms with E-state index in [4.69, 9.17) is 9.47 Å². The summed E-state index contributed by atoms with van der Waals surface area (Å²) < 4.78 is 53.2. The number of nitrogens with zero attached hydrogens (tertiary/aromatic N) is 4. The highest BCUT2D eigenvalue weighted by atomic mass is 32.2. The van der Waals surface area contributed by atoms with Gasteiger partial charge in [0.1, 0.15) is 18.2 Å². The summed E-state index contributed by atoms with van der Waals surface area (Å²) >= 11 is 1.31. The number of aromatic carboxylic acids is 1. The van der Waals surface area contributed by atoms with Crippen molar-refractivity contribution in [3.05, 3.63) is 76.3 Å². The van der Waals surface area contributed by atoms with Gasteiger partial charge in [-0.25, -0.2) is 32.0 Å². The second-order valence-electron chi connectivity index (χ2n) is 10.5. The predicted octanol–water partition coefficient (Wildman–Crippen LogP) is 2.88. The average molecular weight is 660 g/mol. The Morgan fingerprint density at radius 2 is 2.07 bits per heavy atom. The van der Waals surface area contributed by atoms with Gasteiger partial charge in [-0.05, 0) is 48.7 Å². The molecule has 0 saturated carbocycles. The Labute approximate surface area is 261 Å². The number of aromatic nitrogens is 4. The Kier molecular flexibility index (Phi) is 9.42. The Morgan fingerprint density at radius 3 is 2.78 bits per heavy atom. The quantitative estimate of drug-likeness (QED) is 0.165. The third kappa shape index (κ3) is 8.18. The third-order valence-corrected chi connectivity index (χ3v) is 8.30. The van der Waals surface area contributed by atoms with Crippen molar-refractivity contribution in [2.24, 2.45) is 0 Å². The minimum atomic E-state index is -3.39. The molecule has 0 radical (unpaired) electrons. The van der Waals surface area contributed by atoms with Crippen LogP contribution >= 0.6 is 11.3 Å². The van der Waals surface area contributed by atoms with E-state index in [1.165, 1.54) is 22.1 Å². The highest BCUT2D eigenvalue weighted by Gasteiger charge is 2.35. The summed E-state index contributed by atoms with van der Waals surface area (Å²) in [5, 5.41) is 25.6. The Balaban J connectivity index is 1.39. The maximum absolute atomic E-state index is 14.5. The molecule has 238 valence electrons. The number of nitrogens with one attached hydrogen (secondary N) is 3. The Hall–Kier alpha value is -4.45. The summed E-state index contributed by atoms with van der Waals surface area (Å²) in [5.41, 5.74) is 0.846. The first-order valence-electron chi connectivity index (χ1n) is 13.7. The average Bonchev–Trinajstić information content (AvgIpc) is 3.64. The maximum atomic E-state index is 14.5. The number of ether oxygens (including phenoxy) is 2. The van der Waals surface area contributed by atoms with Gasteiger partial charge in [-0.1, -0.05) is 5.21 Å². The van der Waals surface area contributed by atoms with Gasteiger partial charge in [-0.3, -0.25) is 4.79 Å². The molecule has 1 aliphatic heterocycles. The molecule has 2 aromatic carbocycles. The second-order valence-corrected chi connectivity index (χ2v) is 13.2. The van der Waals surface area contributed by atoms with E-state index >= 15 is 0 Å². The maximum Gasteiger partial charge on any atom is 0.338 e. The number of halogens is 1. The number of thiazole rings is 1. The van der Waals surface area contributed by atoms with Gasteiger partial charge in [0.2, 0.25) is 15.9 Å². The summed E-state index contributed by atoms with van der Waals surface area (Å²) in [6.45, 7) is 2.88. The minimum Gasteiger partial charge on any atom is -0.488 e. The summed E-state index contributed by atoms with van der Waals surface area (Å²) in [5.74, 6) is -1.99. The molecule has 0 fully saturated rings. The van der Waals surface area contributed by atoms with Crippen molar-refractivity contribution in [1.82, 2.24) is 30.0 Å². The molecule has 0 saturated heterocycles. The van der Waals surface area contributed by atoms with Gasteiger partial charge in [0, 0.05) is 42.3 Å². The van der Waals surface area contributed by atoms with Crippen LogP contribution in [0.25, 0.3) is 0 Å². The second kappa shape index (κ2) is 13.3. The van der Waals surface area contributed by atoms with Crippen LogP contribution in [0.15, 0.2) is 48.1 Å². The number of fused-ring (bicyclic) bond motifs is 1. The van der Waals surface area contributed by atoms with Crippen molar-refractivity contribution in [2.75, 3.05) is 24.7 Å². The number of sulfonamides is 1. The third-order valence-electron chi connectivity index (χ3n) is 6.94. The Morgan fingerprint density at radius 1 is 1.24 bits per heavy atom.